The summed E-state index contributed by atoms with van der Waals surface area (Å²) in [7, 11) is 1.65. The highest BCUT2D eigenvalue weighted by molar-refractivity contribution is 5.86. The monoisotopic (exact) mass is 292 g/mol. The number of methoxy groups -OCH3 is 1. The third kappa shape index (κ3) is 4.19. The smallest absolute Gasteiger partial charge is 0.240 e. The normalized spacial score (nSPS) is 18.8. The molecule has 0 bridgehead atoms. The average molecular weight is 292 g/mol. The third-order valence-corrected chi connectivity index (χ3v) is 3.89. The van der Waals surface area contributed by atoms with E-state index in [0.717, 1.165) is 17.7 Å². The van der Waals surface area contributed by atoms with Gasteiger partial charge in [-0.15, -0.1) is 0 Å². The highest BCUT2D eigenvalue weighted by atomic mass is 16.5. The molecule has 1 fully saturated rings. The number of carbonyl (C=O) groups is 1. The van der Waals surface area contributed by atoms with Crippen molar-refractivity contribution in [2.24, 2.45) is 5.73 Å². The van der Waals surface area contributed by atoms with E-state index in [1.54, 1.807) is 7.11 Å². The quantitative estimate of drug-likeness (QED) is 0.856. The Kier molecular flexibility index (Phi) is 5.20. The number of hydrogen-bond acceptors (Lipinski definition) is 4. The van der Waals surface area contributed by atoms with Crippen molar-refractivity contribution in [2.75, 3.05) is 20.3 Å². The third-order valence-electron chi connectivity index (χ3n) is 3.89. The largest absolute Gasteiger partial charge is 0.497 e. The molecule has 1 aliphatic rings. The molecule has 0 aromatic heterocycles. The first-order valence-electron chi connectivity index (χ1n) is 7.34. The van der Waals surface area contributed by atoms with Gasteiger partial charge in [-0.25, -0.2) is 0 Å². The van der Waals surface area contributed by atoms with E-state index in [9.17, 15) is 4.79 Å². The topological polar surface area (TPSA) is 73.6 Å². The minimum absolute atomic E-state index is 0.0212. The van der Waals surface area contributed by atoms with Crippen LogP contribution in [0.5, 0.6) is 5.75 Å². The molecule has 1 aliphatic heterocycles. The molecule has 2 rings (SSSR count). The van der Waals surface area contributed by atoms with Crippen molar-refractivity contribution < 1.29 is 14.3 Å². The van der Waals surface area contributed by atoms with Gasteiger partial charge in [0.25, 0.3) is 0 Å². The van der Waals surface area contributed by atoms with E-state index in [0.29, 0.717) is 26.1 Å². The Morgan fingerprint density at radius 3 is 2.86 bits per heavy atom. The number of rotatable bonds is 5. The lowest BCUT2D eigenvalue weighted by Gasteiger charge is -2.33. The van der Waals surface area contributed by atoms with Gasteiger partial charge in [0.1, 0.15) is 5.75 Å². The van der Waals surface area contributed by atoms with E-state index in [1.807, 2.05) is 31.2 Å². The summed E-state index contributed by atoms with van der Waals surface area (Å²) in [6, 6.07) is 7.88. The fourth-order valence-corrected chi connectivity index (χ4v) is 2.53. The summed E-state index contributed by atoms with van der Waals surface area (Å²) in [5, 5.41) is 3.02. The lowest BCUT2D eigenvalue weighted by Crippen LogP contribution is -2.58. The maximum absolute atomic E-state index is 12.3. The zero-order valence-electron chi connectivity index (χ0n) is 12.7. The second kappa shape index (κ2) is 6.91. The molecule has 116 valence electrons. The highest BCUT2D eigenvalue weighted by Gasteiger charge is 2.36. The summed E-state index contributed by atoms with van der Waals surface area (Å²) < 4.78 is 10.5. The second-order valence-corrected chi connectivity index (χ2v) is 5.70. The highest BCUT2D eigenvalue weighted by Crippen LogP contribution is 2.19. The number of nitrogens with one attached hydrogen (secondary N) is 1. The number of hydrogen-bond donors (Lipinski definition) is 2. The van der Waals surface area contributed by atoms with E-state index in [1.165, 1.54) is 0 Å². The van der Waals surface area contributed by atoms with Crippen molar-refractivity contribution in [3.05, 3.63) is 29.8 Å². The molecule has 1 aromatic rings. The van der Waals surface area contributed by atoms with E-state index < -0.39 is 5.54 Å². The Hall–Kier alpha value is -1.59. The maximum Gasteiger partial charge on any atom is 0.240 e. The fraction of sp³-hybridized carbons (Fsp3) is 0.562. The van der Waals surface area contributed by atoms with E-state index in [2.05, 4.69) is 5.32 Å². The number of amides is 1. The van der Waals surface area contributed by atoms with Gasteiger partial charge in [0.2, 0.25) is 5.91 Å². The summed E-state index contributed by atoms with van der Waals surface area (Å²) >= 11 is 0. The maximum atomic E-state index is 12.3. The van der Waals surface area contributed by atoms with Crippen LogP contribution in [-0.2, 0) is 16.0 Å². The van der Waals surface area contributed by atoms with E-state index in [-0.39, 0.29) is 11.9 Å². The number of ether oxygens (including phenoxy) is 2. The van der Waals surface area contributed by atoms with Crippen molar-refractivity contribution in [3.8, 4) is 5.75 Å². The SMILES string of the molecule is COc1cccc(CC(C)NC(=O)C2(N)CCOCC2)c1. The molecular weight excluding hydrogens is 268 g/mol. The Morgan fingerprint density at radius 1 is 1.48 bits per heavy atom. The van der Waals surface area contributed by atoms with Crippen LogP contribution in [-0.4, -0.2) is 37.8 Å². The summed E-state index contributed by atoms with van der Waals surface area (Å²) in [5.41, 5.74) is 6.51. The lowest BCUT2D eigenvalue weighted by molar-refractivity contribution is -0.130. The summed E-state index contributed by atoms with van der Waals surface area (Å²) in [6.07, 6.45) is 1.89. The molecule has 1 amide bonds. The minimum atomic E-state index is -0.791. The molecule has 1 atom stereocenters. The van der Waals surface area contributed by atoms with Crippen molar-refractivity contribution >= 4 is 5.91 Å². The number of benzene rings is 1. The molecule has 1 aromatic carbocycles. The predicted molar refractivity (Wildman–Crippen MR) is 81.3 cm³/mol. The van der Waals surface area contributed by atoms with Gasteiger partial charge in [-0.1, -0.05) is 12.1 Å². The van der Waals surface area contributed by atoms with Crippen LogP contribution in [0.3, 0.4) is 0 Å². The summed E-state index contributed by atoms with van der Waals surface area (Å²) in [4.78, 5) is 12.3. The standard InChI is InChI=1S/C16H24N2O3/c1-12(10-13-4-3-5-14(11-13)20-2)18-15(19)16(17)6-8-21-9-7-16/h3-5,11-12H,6-10,17H2,1-2H3,(H,18,19). The predicted octanol–water partition coefficient (Wildman–Crippen LogP) is 1.25. The van der Waals surface area contributed by atoms with Crippen LogP contribution in [0.1, 0.15) is 25.3 Å². The summed E-state index contributed by atoms with van der Waals surface area (Å²) in [5.74, 6) is 0.743. The van der Waals surface area contributed by atoms with Crippen LogP contribution >= 0.6 is 0 Å². The molecule has 21 heavy (non-hydrogen) atoms. The average Bonchev–Trinajstić information content (AvgIpc) is 2.48. The molecule has 1 saturated heterocycles. The Balaban J connectivity index is 1.91. The van der Waals surface area contributed by atoms with Crippen molar-refractivity contribution in [3.63, 3.8) is 0 Å². The van der Waals surface area contributed by atoms with Crippen molar-refractivity contribution in [2.45, 2.75) is 37.8 Å². The molecule has 0 aliphatic carbocycles. The van der Waals surface area contributed by atoms with Gasteiger partial charge in [-0.2, -0.15) is 0 Å². The second-order valence-electron chi connectivity index (χ2n) is 5.70. The number of nitrogens with two attached hydrogens (primary N) is 1. The van der Waals surface area contributed by atoms with Crippen LogP contribution in [0.4, 0.5) is 0 Å². The molecule has 0 spiro atoms. The molecule has 1 heterocycles. The Morgan fingerprint density at radius 2 is 2.19 bits per heavy atom. The van der Waals surface area contributed by atoms with Crippen LogP contribution in [0.15, 0.2) is 24.3 Å². The molecular formula is C16H24N2O3. The first-order valence-corrected chi connectivity index (χ1v) is 7.34. The molecule has 0 saturated carbocycles. The lowest BCUT2D eigenvalue weighted by atomic mass is 9.90. The molecule has 3 N–H and O–H groups in total. The van der Waals surface area contributed by atoms with Gasteiger partial charge in [0.05, 0.1) is 12.6 Å². The van der Waals surface area contributed by atoms with Gasteiger partial charge < -0.3 is 20.5 Å². The molecule has 0 radical (unpaired) electrons. The van der Waals surface area contributed by atoms with E-state index in [4.69, 9.17) is 15.2 Å². The van der Waals surface area contributed by atoms with Crippen molar-refractivity contribution in [1.29, 1.82) is 0 Å². The minimum Gasteiger partial charge on any atom is -0.497 e. The van der Waals surface area contributed by atoms with Crippen molar-refractivity contribution in [1.82, 2.24) is 5.32 Å². The zero-order chi connectivity index (χ0) is 15.3. The van der Waals surface area contributed by atoms with Crippen LogP contribution in [0, 0.1) is 0 Å². The van der Waals surface area contributed by atoms with Gasteiger partial charge >= 0.3 is 0 Å². The Labute approximate surface area is 125 Å². The first kappa shape index (κ1) is 15.8. The Bertz CT molecular complexity index is 484. The van der Waals surface area contributed by atoms with Gasteiger partial charge in [-0.05, 0) is 43.9 Å². The molecule has 5 nitrogen and oxygen atoms in total. The summed E-state index contributed by atoms with van der Waals surface area (Å²) in [6.45, 7) is 3.09. The van der Waals surface area contributed by atoms with Crippen LogP contribution in [0.2, 0.25) is 0 Å². The van der Waals surface area contributed by atoms with Gasteiger partial charge in [0.15, 0.2) is 0 Å². The zero-order valence-corrected chi connectivity index (χ0v) is 12.7. The van der Waals surface area contributed by atoms with Crippen LogP contribution < -0.4 is 15.8 Å². The van der Waals surface area contributed by atoms with E-state index >= 15 is 0 Å². The van der Waals surface area contributed by atoms with Crippen LogP contribution in [0.25, 0.3) is 0 Å². The fourth-order valence-electron chi connectivity index (χ4n) is 2.53. The van der Waals surface area contributed by atoms with Gasteiger partial charge in [0, 0.05) is 19.3 Å². The molecule has 1 unspecified atom stereocenters. The number of carbonyl (C=O) groups excluding carboxylic acids is 1. The molecule has 5 heteroatoms. The first-order chi connectivity index (χ1) is 10.0. The van der Waals surface area contributed by atoms with Gasteiger partial charge in [-0.3, -0.25) is 4.79 Å².